The molecule has 1 aliphatic rings. The molecule has 0 aliphatic carbocycles. The van der Waals surface area contributed by atoms with Crippen molar-refractivity contribution in [2.45, 2.75) is 18.1 Å². The number of nitrogens with zero attached hydrogens (tertiary/aromatic N) is 6. The second-order valence-corrected chi connectivity index (χ2v) is 8.50. The zero-order valence-electron chi connectivity index (χ0n) is 18.2. The Morgan fingerprint density at radius 2 is 1.88 bits per heavy atom. The number of hydrogen-bond acceptors (Lipinski definition) is 9. The van der Waals surface area contributed by atoms with E-state index in [9.17, 15) is 19.7 Å². The van der Waals surface area contributed by atoms with Gasteiger partial charge < -0.3 is 20.0 Å². The fourth-order valence-corrected chi connectivity index (χ4v) is 4.57. The van der Waals surface area contributed by atoms with Gasteiger partial charge in [-0.05, 0) is 18.2 Å². The topological polar surface area (TPSA) is 154 Å². The molecule has 2 N–H and O–H groups in total. The van der Waals surface area contributed by atoms with Crippen molar-refractivity contribution in [3.63, 3.8) is 0 Å². The second-order valence-electron chi connectivity index (χ2n) is 7.55. The predicted molar refractivity (Wildman–Crippen MR) is 124 cm³/mol. The summed E-state index contributed by atoms with van der Waals surface area (Å²) in [5, 5.41) is 20.1. The van der Waals surface area contributed by atoms with E-state index in [0.717, 1.165) is 0 Å². The first-order valence-corrected chi connectivity index (χ1v) is 11.6. The summed E-state index contributed by atoms with van der Waals surface area (Å²) in [6, 6.07) is 10.1. The van der Waals surface area contributed by atoms with Crippen LogP contribution in [0.5, 0.6) is 0 Å². The second kappa shape index (κ2) is 10.4. The molecule has 1 saturated heterocycles. The summed E-state index contributed by atoms with van der Waals surface area (Å²) in [7, 11) is 0. The van der Waals surface area contributed by atoms with Crippen molar-refractivity contribution in [2.75, 3.05) is 36.8 Å². The van der Waals surface area contributed by atoms with E-state index in [2.05, 4.69) is 10.2 Å². The Morgan fingerprint density at radius 3 is 2.56 bits per heavy atom. The van der Waals surface area contributed by atoms with E-state index in [4.69, 9.17) is 10.2 Å². The molecular weight excluding hydrogens is 462 g/mol. The molecule has 0 atom stereocenters. The van der Waals surface area contributed by atoms with Gasteiger partial charge in [0, 0.05) is 45.2 Å². The maximum Gasteiger partial charge on any atom is 0.292 e. The molecule has 4 rings (SSSR count). The van der Waals surface area contributed by atoms with Crippen LogP contribution in [0.1, 0.15) is 6.42 Å². The molecule has 0 spiro atoms. The molecule has 2 aromatic heterocycles. The molecule has 1 fully saturated rings. The van der Waals surface area contributed by atoms with E-state index >= 15 is 0 Å². The number of carbonyl (C=O) groups excluding carboxylic acids is 2. The zero-order valence-corrected chi connectivity index (χ0v) is 19.0. The van der Waals surface area contributed by atoms with Crippen LogP contribution >= 0.6 is 11.8 Å². The van der Waals surface area contributed by atoms with Crippen LogP contribution in [0.25, 0.3) is 11.6 Å². The summed E-state index contributed by atoms with van der Waals surface area (Å²) < 4.78 is 7.12. The van der Waals surface area contributed by atoms with Gasteiger partial charge in [0.25, 0.3) is 5.69 Å². The molecule has 178 valence electrons. The summed E-state index contributed by atoms with van der Waals surface area (Å²) in [4.78, 5) is 38.7. The molecule has 0 radical (unpaired) electrons. The lowest BCUT2D eigenvalue weighted by atomic mass is 10.2. The minimum Gasteiger partial charge on any atom is -0.461 e. The first-order chi connectivity index (χ1) is 16.4. The number of piperazine rings is 1. The van der Waals surface area contributed by atoms with Crippen molar-refractivity contribution >= 4 is 35.0 Å². The molecule has 13 heteroatoms. The molecule has 0 unspecified atom stereocenters. The normalized spacial score (nSPS) is 13.8. The molecule has 3 aromatic rings. The number of amides is 2. The summed E-state index contributed by atoms with van der Waals surface area (Å²) >= 11 is 1.22. The SMILES string of the molecule is NC(=O)CCn1c(SCC(=O)N2CCN(c3ccccc3[N+](=O)[O-])CC2)nnc1-c1ccco1. The zero-order chi connectivity index (χ0) is 24.1. The van der Waals surface area contributed by atoms with E-state index < -0.39 is 10.8 Å². The van der Waals surface area contributed by atoms with Crippen molar-refractivity contribution in [3.8, 4) is 11.6 Å². The van der Waals surface area contributed by atoms with Crippen LogP contribution in [0.15, 0.2) is 52.2 Å². The Bertz CT molecular complexity index is 1170. The summed E-state index contributed by atoms with van der Waals surface area (Å²) in [5.74, 6) is 0.567. The number of thioether (sulfide) groups is 1. The summed E-state index contributed by atoms with van der Waals surface area (Å²) in [6.45, 7) is 2.18. The third-order valence-electron chi connectivity index (χ3n) is 5.42. The van der Waals surface area contributed by atoms with E-state index in [0.29, 0.717) is 48.6 Å². The number of rotatable bonds is 9. The average Bonchev–Trinajstić information content (AvgIpc) is 3.51. The third-order valence-corrected chi connectivity index (χ3v) is 6.37. The lowest BCUT2D eigenvalue weighted by molar-refractivity contribution is -0.384. The van der Waals surface area contributed by atoms with Gasteiger partial charge in [0.2, 0.25) is 11.8 Å². The van der Waals surface area contributed by atoms with Gasteiger partial charge in [-0.2, -0.15) is 0 Å². The van der Waals surface area contributed by atoms with Crippen molar-refractivity contribution in [3.05, 3.63) is 52.8 Å². The number of nitro benzene ring substituents is 1. The van der Waals surface area contributed by atoms with Crippen molar-refractivity contribution in [2.24, 2.45) is 5.73 Å². The Kier molecular flexibility index (Phi) is 7.11. The lowest BCUT2D eigenvalue weighted by Gasteiger charge is -2.35. The van der Waals surface area contributed by atoms with Crippen LogP contribution in [-0.4, -0.2) is 68.3 Å². The highest BCUT2D eigenvalue weighted by atomic mass is 32.2. The molecule has 3 heterocycles. The highest BCUT2D eigenvalue weighted by molar-refractivity contribution is 7.99. The lowest BCUT2D eigenvalue weighted by Crippen LogP contribution is -2.49. The fourth-order valence-electron chi connectivity index (χ4n) is 3.71. The molecule has 12 nitrogen and oxygen atoms in total. The van der Waals surface area contributed by atoms with E-state index in [-0.39, 0.29) is 30.3 Å². The smallest absolute Gasteiger partial charge is 0.292 e. The standard InChI is InChI=1S/C21H23N7O5S/c22-18(29)7-8-27-20(17-6-3-13-33-17)23-24-21(27)34-14-19(30)26-11-9-25(10-12-26)15-4-1-2-5-16(15)28(31)32/h1-6,13H,7-12,14H2,(H2,22,29). The first kappa shape index (κ1) is 23.3. The highest BCUT2D eigenvalue weighted by Crippen LogP contribution is 2.29. The van der Waals surface area contributed by atoms with E-state index in [1.165, 1.54) is 24.1 Å². The van der Waals surface area contributed by atoms with Crippen molar-refractivity contribution in [1.29, 1.82) is 0 Å². The maximum absolute atomic E-state index is 12.8. The van der Waals surface area contributed by atoms with Crippen LogP contribution in [-0.2, 0) is 16.1 Å². The minimum absolute atomic E-state index is 0.0560. The monoisotopic (exact) mass is 485 g/mol. The van der Waals surface area contributed by atoms with Gasteiger partial charge in [0.05, 0.1) is 16.9 Å². The number of aromatic nitrogens is 3. The van der Waals surface area contributed by atoms with Gasteiger partial charge in [-0.25, -0.2) is 0 Å². The van der Waals surface area contributed by atoms with Crippen LogP contribution in [0.4, 0.5) is 11.4 Å². The number of nitrogens with two attached hydrogens (primary N) is 1. The van der Waals surface area contributed by atoms with Gasteiger partial charge in [-0.1, -0.05) is 23.9 Å². The van der Waals surface area contributed by atoms with Gasteiger partial charge >= 0.3 is 0 Å². The van der Waals surface area contributed by atoms with Crippen LogP contribution in [0.3, 0.4) is 0 Å². The van der Waals surface area contributed by atoms with Gasteiger partial charge in [-0.3, -0.25) is 24.3 Å². The maximum atomic E-state index is 12.8. The van der Waals surface area contributed by atoms with Crippen LogP contribution < -0.4 is 10.6 Å². The quantitative estimate of drug-likeness (QED) is 0.271. The van der Waals surface area contributed by atoms with Crippen molar-refractivity contribution < 1.29 is 18.9 Å². The molecule has 2 amide bonds. The van der Waals surface area contributed by atoms with E-state index in [1.54, 1.807) is 39.8 Å². The highest BCUT2D eigenvalue weighted by Gasteiger charge is 2.26. The summed E-state index contributed by atoms with van der Waals surface area (Å²) in [5.41, 5.74) is 5.91. The van der Waals surface area contributed by atoms with Gasteiger partial charge in [0.1, 0.15) is 5.69 Å². The van der Waals surface area contributed by atoms with Crippen LogP contribution in [0.2, 0.25) is 0 Å². The molecule has 1 aliphatic heterocycles. The number of para-hydroxylation sites is 2. The Morgan fingerprint density at radius 1 is 1.12 bits per heavy atom. The fraction of sp³-hybridized carbons (Fsp3) is 0.333. The number of benzene rings is 1. The number of primary amides is 1. The molecule has 1 aromatic carbocycles. The third kappa shape index (κ3) is 5.20. The number of carbonyl (C=O) groups is 2. The average molecular weight is 486 g/mol. The largest absolute Gasteiger partial charge is 0.461 e. The Balaban J connectivity index is 1.37. The summed E-state index contributed by atoms with van der Waals surface area (Å²) in [6.07, 6.45) is 1.61. The van der Waals surface area contributed by atoms with Crippen LogP contribution in [0, 0.1) is 10.1 Å². The molecular formula is C21H23N7O5S. The van der Waals surface area contributed by atoms with Gasteiger partial charge in [0.15, 0.2) is 16.7 Å². The van der Waals surface area contributed by atoms with E-state index in [1.807, 2.05) is 4.90 Å². The Labute approximate surface area is 198 Å². The number of furan rings is 1. The molecule has 34 heavy (non-hydrogen) atoms. The Hall–Kier alpha value is -3.87. The first-order valence-electron chi connectivity index (χ1n) is 10.6. The number of hydrogen-bond donors (Lipinski definition) is 1. The number of anilines is 1. The van der Waals surface area contributed by atoms with Gasteiger partial charge in [-0.15, -0.1) is 10.2 Å². The molecule has 0 saturated carbocycles. The number of nitro groups is 1. The molecule has 0 bridgehead atoms. The predicted octanol–water partition coefficient (Wildman–Crippen LogP) is 1.76. The minimum atomic E-state index is -0.456. The van der Waals surface area contributed by atoms with Crippen molar-refractivity contribution in [1.82, 2.24) is 19.7 Å².